The van der Waals surface area contributed by atoms with E-state index in [1.807, 2.05) is 6.07 Å². The Kier molecular flexibility index (Phi) is 4.44. The summed E-state index contributed by atoms with van der Waals surface area (Å²) in [6.45, 7) is 1.81. The van der Waals surface area contributed by atoms with Gasteiger partial charge in [-0.3, -0.25) is 4.79 Å². The molecule has 0 bridgehead atoms. The van der Waals surface area contributed by atoms with E-state index in [9.17, 15) is 13.2 Å². The Morgan fingerprint density at radius 3 is 2.74 bits per heavy atom. The van der Waals surface area contributed by atoms with Crippen LogP contribution in [0.4, 0.5) is 5.69 Å². The highest BCUT2D eigenvalue weighted by Gasteiger charge is 2.28. The van der Waals surface area contributed by atoms with Crippen LogP contribution in [0, 0.1) is 5.92 Å². The van der Waals surface area contributed by atoms with E-state index in [-0.39, 0.29) is 10.8 Å². The van der Waals surface area contributed by atoms with E-state index in [0.717, 1.165) is 30.1 Å². The third-order valence-corrected chi connectivity index (χ3v) is 6.25. The molecule has 1 aliphatic heterocycles. The number of hydrogen-bond donors (Lipinski definition) is 1. The fourth-order valence-corrected chi connectivity index (χ4v) is 3.71. The summed E-state index contributed by atoms with van der Waals surface area (Å²) >= 11 is 0. The SMILES string of the molecule is CN(C)S(=O)(=O)c1ccc2c(c1)N(C(=O)CNCC1CC1)CC2. The molecule has 7 heteroatoms. The molecule has 126 valence electrons. The molecule has 0 saturated heterocycles. The van der Waals surface area contributed by atoms with Gasteiger partial charge < -0.3 is 10.2 Å². The molecule has 0 atom stereocenters. The molecule has 0 spiro atoms. The van der Waals surface area contributed by atoms with Crippen molar-refractivity contribution in [3.8, 4) is 0 Å². The van der Waals surface area contributed by atoms with Gasteiger partial charge in [0.05, 0.1) is 11.4 Å². The number of carbonyl (C=O) groups is 1. The molecule has 23 heavy (non-hydrogen) atoms. The fourth-order valence-electron chi connectivity index (χ4n) is 2.79. The molecule has 0 radical (unpaired) electrons. The lowest BCUT2D eigenvalue weighted by Gasteiger charge is -2.19. The molecule has 1 fully saturated rings. The zero-order chi connectivity index (χ0) is 16.6. The Labute approximate surface area is 137 Å². The molecule has 1 aliphatic carbocycles. The molecule has 0 unspecified atom stereocenters. The first-order chi connectivity index (χ1) is 10.9. The molecule has 1 aromatic carbocycles. The van der Waals surface area contributed by atoms with Crippen LogP contribution >= 0.6 is 0 Å². The second-order valence-corrected chi connectivity index (χ2v) is 8.60. The molecule has 1 amide bonds. The van der Waals surface area contributed by atoms with Crippen molar-refractivity contribution in [2.75, 3.05) is 38.6 Å². The van der Waals surface area contributed by atoms with E-state index in [2.05, 4.69) is 5.32 Å². The lowest BCUT2D eigenvalue weighted by Crippen LogP contribution is -2.37. The Morgan fingerprint density at radius 1 is 1.35 bits per heavy atom. The summed E-state index contributed by atoms with van der Waals surface area (Å²) in [5.41, 5.74) is 1.75. The summed E-state index contributed by atoms with van der Waals surface area (Å²) < 4.78 is 25.7. The third-order valence-electron chi connectivity index (χ3n) is 4.44. The first-order valence-electron chi connectivity index (χ1n) is 7.96. The van der Waals surface area contributed by atoms with Gasteiger partial charge in [0.15, 0.2) is 0 Å². The van der Waals surface area contributed by atoms with Crippen molar-refractivity contribution in [1.82, 2.24) is 9.62 Å². The van der Waals surface area contributed by atoms with Gasteiger partial charge in [-0.2, -0.15) is 0 Å². The van der Waals surface area contributed by atoms with Crippen LogP contribution in [0.1, 0.15) is 18.4 Å². The zero-order valence-electron chi connectivity index (χ0n) is 13.6. The van der Waals surface area contributed by atoms with E-state index < -0.39 is 10.0 Å². The van der Waals surface area contributed by atoms with Crippen molar-refractivity contribution >= 4 is 21.6 Å². The standard InChI is InChI=1S/C16H23N3O3S/c1-18(2)23(21,22)14-6-5-13-7-8-19(15(13)9-14)16(20)11-17-10-12-3-4-12/h5-6,9,12,17H,3-4,7-8,10-11H2,1-2H3. The molecule has 1 N–H and O–H groups in total. The van der Waals surface area contributed by atoms with Crippen LogP contribution in [-0.2, 0) is 21.2 Å². The van der Waals surface area contributed by atoms with Crippen LogP contribution in [0.3, 0.4) is 0 Å². The second-order valence-electron chi connectivity index (χ2n) is 6.45. The first-order valence-corrected chi connectivity index (χ1v) is 9.40. The number of nitrogens with one attached hydrogen (secondary N) is 1. The lowest BCUT2D eigenvalue weighted by molar-refractivity contribution is -0.117. The summed E-state index contributed by atoms with van der Waals surface area (Å²) in [5.74, 6) is 0.731. The molecule has 0 aromatic heterocycles. The second kappa shape index (κ2) is 6.22. The number of carbonyl (C=O) groups excluding carboxylic acids is 1. The highest BCUT2D eigenvalue weighted by Crippen LogP contribution is 2.31. The van der Waals surface area contributed by atoms with Gasteiger partial charge in [-0.05, 0) is 49.4 Å². The van der Waals surface area contributed by atoms with Gasteiger partial charge in [-0.1, -0.05) is 6.07 Å². The number of nitrogens with zero attached hydrogens (tertiary/aromatic N) is 2. The van der Waals surface area contributed by atoms with Crippen LogP contribution < -0.4 is 10.2 Å². The van der Waals surface area contributed by atoms with Gasteiger partial charge in [0.2, 0.25) is 15.9 Å². The largest absolute Gasteiger partial charge is 0.311 e. The van der Waals surface area contributed by atoms with Crippen molar-refractivity contribution in [2.45, 2.75) is 24.2 Å². The zero-order valence-corrected chi connectivity index (χ0v) is 14.4. The maximum Gasteiger partial charge on any atom is 0.242 e. The van der Waals surface area contributed by atoms with E-state index in [1.165, 1.54) is 31.2 Å². The smallest absolute Gasteiger partial charge is 0.242 e. The Hall–Kier alpha value is -1.44. The summed E-state index contributed by atoms with van der Waals surface area (Å²) in [5, 5.41) is 3.20. The molecule has 1 heterocycles. The predicted molar refractivity (Wildman–Crippen MR) is 89.0 cm³/mol. The molecule has 1 aromatic rings. The van der Waals surface area contributed by atoms with Crippen molar-refractivity contribution in [1.29, 1.82) is 0 Å². The van der Waals surface area contributed by atoms with E-state index in [4.69, 9.17) is 0 Å². The summed E-state index contributed by atoms with van der Waals surface area (Å²) in [6, 6.07) is 5.06. The quantitative estimate of drug-likeness (QED) is 0.835. The molecule has 3 rings (SSSR count). The highest BCUT2D eigenvalue weighted by molar-refractivity contribution is 7.89. The average molecular weight is 337 g/mol. The number of benzene rings is 1. The molecule has 6 nitrogen and oxygen atoms in total. The van der Waals surface area contributed by atoms with Gasteiger partial charge in [0.1, 0.15) is 0 Å². The van der Waals surface area contributed by atoms with Crippen molar-refractivity contribution in [2.24, 2.45) is 5.92 Å². The summed E-state index contributed by atoms with van der Waals surface area (Å²) in [6.07, 6.45) is 3.27. The lowest BCUT2D eigenvalue weighted by atomic mass is 10.2. The fraction of sp³-hybridized carbons (Fsp3) is 0.562. The maximum absolute atomic E-state index is 12.4. The normalized spacial score (nSPS) is 17.6. The Bertz CT molecular complexity index is 711. The third kappa shape index (κ3) is 3.41. The number of fused-ring (bicyclic) bond motifs is 1. The number of anilines is 1. The Morgan fingerprint density at radius 2 is 2.09 bits per heavy atom. The van der Waals surface area contributed by atoms with Crippen LogP contribution in [0.15, 0.2) is 23.1 Å². The minimum absolute atomic E-state index is 0.00352. The van der Waals surface area contributed by atoms with Crippen LogP contribution in [0.2, 0.25) is 0 Å². The minimum Gasteiger partial charge on any atom is -0.311 e. The van der Waals surface area contributed by atoms with Gasteiger partial charge in [-0.25, -0.2) is 12.7 Å². The van der Waals surface area contributed by atoms with Crippen LogP contribution in [-0.4, -0.2) is 52.4 Å². The Balaban J connectivity index is 1.76. The molecule has 1 saturated carbocycles. The van der Waals surface area contributed by atoms with Crippen LogP contribution in [0.5, 0.6) is 0 Å². The van der Waals surface area contributed by atoms with E-state index >= 15 is 0 Å². The molecule has 2 aliphatic rings. The van der Waals surface area contributed by atoms with E-state index in [1.54, 1.807) is 17.0 Å². The van der Waals surface area contributed by atoms with Gasteiger partial charge >= 0.3 is 0 Å². The van der Waals surface area contributed by atoms with Crippen molar-refractivity contribution in [3.63, 3.8) is 0 Å². The van der Waals surface area contributed by atoms with Crippen LogP contribution in [0.25, 0.3) is 0 Å². The van der Waals surface area contributed by atoms with Gasteiger partial charge in [0, 0.05) is 26.3 Å². The maximum atomic E-state index is 12.4. The topological polar surface area (TPSA) is 69.7 Å². The monoisotopic (exact) mass is 337 g/mol. The van der Waals surface area contributed by atoms with Crippen molar-refractivity contribution < 1.29 is 13.2 Å². The van der Waals surface area contributed by atoms with E-state index in [0.29, 0.717) is 13.1 Å². The average Bonchev–Trinajstić information content (AvgIpc) is 3.23. The van der Waals surface area contributed by atoms with Crippen molar-refractivity contribution in [3.05, 3.63) is 23.8 Å². The number of rotatable bonds is 6. The predicted octanol–water partition coefficient (Wildman–Crippen LogP) is 0.826. The minimum atomic E-state index is -3.49. The van der Waals surface area contributed by atoms with Gasteiger partial charge in [-0.15, -0.1) is 0 Å². The number of amides is 1. The van der Waals surface area contributed by atoms with Gasteiger partial charge in [0.25, 0.3) is 0 Å². The first kappa shape index (κ1) is 16.4. The molecular weight excluding hydrogens is 314 g/mol. The highest BCUT2D eigenvalue weighted by atomic mass is 32.2. The summed E-state index contributed by atoms with van der Waals surface area (Å²) in [7, 11) is -0.473. The molecular formula is C16H23N3O3S. The summed E-state index contributed by atoms with van der Waals surface area (Å²) in [4.78, 5) is 14.3. The number of sulfonamides is 1. The number of hydrogen-bond acceptors (Lipinski definition) is 4.